The van der Waals surface area contributed by atoms with E-state index in [4.69, 9.17) is 19.7 Å². The van der Waals surface area contributed by atoms with Gasteiger partial charge in [0.15, 0.2) is 12.5 Å². The van der Waals surface area contributed by atoms with Crippen LogP contribution in [0.2, 0.25) is 0 Å². The Kier molecular flexibility index (Phi) is 5.95. The van der Waals surface area contributed by atoms with Gasteiger partial charge in [-0.1, -0.05) is 6.07 Å². The molecule has 10 heteroatoms. The largest absolute Gasteiger partial charge is 0.394 e. The number of aliphatic hydroxyl groups excluding tert-OH is 6. The molecule has 0 bridgehead atoms. The molecule has 2 aliphatic heterocycles. The zero-order chi connectivity index (χ0) is 18.8. The minimum Gasteiger partial charge on any atom is -0.394 e. The van der Waals surface area contributed by atoms with Crippen LogP contribution in [0.25, 0.3) is 0 Å². The van der Waals surface area contributed by atoms with Crippen LogP contribution in [-0.2, 0) is 9.47 Å². The lowest BCUT2D eigenvalue weighted by atomic mass is 10.1. The molecular formula is C16H24N2O8. The van der Waals surface area contributed by atoms with E-state index in [9.17, 15) is 20.4 Å². The van der Waals surface area contributed by atoms with E-state index in [1.807, 2.05) is 0 Å². The Morgan fingerprint density at radius 2 is 1.15 bits per heavy atom. The molecule has 0 unspecified atom stereocenters. The van der Waals surface area contributed by atoms with E-state index in [1.54, 1.807) is 24.3 Å². The van der Waals surface area contributed by atoms with Gasteiger partial charge in [0.05, 0.1) is 13.2 Å². The molecule has 2 saturated heterocycles. The number of aliphatic hydroxyl groups is 6. The number of ether oxygens (including phenoxy) is 2. The van der Waals surface area contributed by atoms with Crippen molar-refractivity contribution >= 4 is 11.4 Å². The molecule has 1 aromatic rings. The van der Waals surface area contributed by atoms with Gasteiger partial charge in [-0.25, -0.2) is 0 Å². The first-order chi connectivity index (χ1) is 12.4. The molecule has 0 aromatic heterocycles. The van der Waals surface area contributed by atoms with E-state index in [0.29, 0.717) is 11.4 Å². The summed E-state index contributed by atoms with van der Waals surface area (Å²) in [7, 11) is 0. The molecule has 8 atom stereocenters. The minimum absolute atomic E-state index is 0.413. The van der Waals surface area contributed by atoms with Crippen molar-refractivity contribution in [1.29, 1.82) is 0 Å². The number of anilines is 2. The highest BCUT2D eigenvalue weighted by molar-refractivity contribution is 5.57. The molecule has 10 nitrogen and oxygen atoms in total. The molecule has 0 spiro atoms. The zero-order valence-corrected chi connectivity index (χ0v) is 13.8. The fourth-order valence-electron chi connectivity index (χ4n) is 3.06. The molecule has 2 fully saturated rings. The summed E-state index contributed by atoms with van der Waals surface area (Å²) < 4.78 is 10.7. The van der Waals surface area contributed by atoms with Crippen LogP contribution in [0, 0.1) is 0 Å². The van der Waals surface area contributed by atoms with Gasteiger partial charge in [-0.3, -0.25) is 0 Å². The van der Waals surface area contributed by atoms with Crippen LogP contribution < -0.4 is 10.6 Å². The van der Waals surface area contributed by atoms with Crippen molar-refractivity contribution in [3.8, 4) is 0 Å². The van der Waals surface area contributed by atoms with Crippen molar-refractivity contribution in [3.63, 3.8) is 0 Å². The third-order valence-electron chi connectivity index (χ3n) is 4.57. The van der Waals surface area contributed by atoms with Gasteiger partial charge >= 0.3 is 0 Å². The summed E-state index contributed by atoms with van der Waals surface area (Å²) in [4.78, 5) is 0. The van der Waals surface area contributed by atoms with Crippen molar-refractivity contribution in [1.82, 2.24) is 0 Å². The summed E-state index contributed by atoms with van der Waals surface area (Å²) in [5.74, 6) is 0. The van der Waals surface area contributed by atoms with Gasteiger partial charge < -0.3 is 50.7 Å². The zero-order valence-electron chi connectivity index (χ0n) is 13.8. The Morgan fingerprint density at radius 1 is 0.731 bits per heavy atom. The van der Waals surface area contributed by atoms with Crippen LogP contribution in [0.1, 0.15) is 0 Å². The lowest BCUT2D eigenvalue weighted by molar-refractivity contribution is -0.0154. The Morgan fingerprint density at radius 3 is 1.50 bits per heavy atom. The molecule has 2 heterocycles. The molecule has 0 aliphatic carbocycles. The predicted molar refractivity (Wildman–Crippen MR) is 89.2 cm³/mol. The number of nitrogens with one attached hydrogen (secondary N) is 2. The predicted octanol–water partition coefficient (Wildman–Crippen LogP) is -2.61. The molecule has 26 heavy (non-hydrogen) atoms. The van der Waals surface area contributed by atoms with Crippen LogP contribution in [0.4, 0.5) is 11.4 Å². The number of benzene rings is 1. The Balaban J connectivity index is 1.64. The summed E-state index contributed by atoms with van der Waals surface area (Å²) in [5, 5.41) is 63.6. The van der Waals surface area contributed by atoms with Gasteiger partial charge in [-0.05, 0) is 18.2 Å². The summed E-state index contributed by atoms with van der Waals surface area (Å²) >= 11 is 0. The summed E-state index contributed by atoms with van der Waals surface area (Å²) in [6.07, 6.45) is -8.34. The van der Waals surface area contributed by atoms with E-state index < -0.39 is 62.3 Å². The first-order valence-electron chi connectivity index (χ1n) is 8.32. The van der Waals surface area contributed by atoms with E-state index in [0.717, 1.165) is 0 Å². The van der Waals surface area contributed by atoms with E-state index in [-0.39, 0.29) is 0 Å². The molecular weight excluding hydrogens is 348 g/mol. The molecule has 0 radical (unpaired) electrons. The molecule has 8 N–H and O–H groups in total. The van der Waals surface area contributed by atoms with Crippen LogP contribution in [0.3, 0.4) is 0 Å². The maximum Gasteiger partial charge on any atom is 0.157 e. The van der Waals surface area contributed by atoms with Gasteiger partial charge in [-0.2, -0.15) is 0 Å². The fourth-order valence-corrected chi connectivity index (χ4v) is 3.06. The lowest BCUT2D eigenvalue weighted by Gasteiger charge is -2.20. The minimum atomic E-state index is -1.20. The van der Waals surface area contributed by atoms with Crippen molar-refractivity contribution < 1.29 is 40.1 Å². The van der Waals surface area contributed by atoms with Crippen LogP contribution in [-0.4, -0.2) is 92.9 Å². The quantitative estimate of drug-likeness (QED) is 0.265. The number of hydrogen-bond acceptors (Lipinski definition) is 10. The number of hydrogen-bond donors (Lipinski definition) is 8. The van der Waals surface area contributed by atoms with Crippen molar-refractivity contribution in [2.45, 2.75) is 49.1 Å². The van der Waals surface area contributed by atoms with Gasteiger partial charge in [0.25, 0.3) is 0 Å². The molecule has 0 amide bonds. The Hall–Kier alpha value is -1.50. The first-order valence-corrected chi connectivity index (χ1v) is 8.32. The van der Waals surface area contributed by atoms with Gasteiger partial charge in [-0.15, -0.1) is 0 Å². The van der Waals surface area contributed by atoms with E-state index in [1.165, 1.54) is 0 Å². The van der Waals surface area contributed by atoms with E-state index >= 15 is 0 Å². The highest BCUT2D eigenvalue weighted by Crippen LogP contribution is 2.26. The fraction of sp³-hybridized carbons (Fsp3) is 0.625. The van der Waals surface area contributed by atoms with Gasteiger partial charge in [0.1, 0.15) is 36.6 Å². The maximum atomic E-state index is 9.97. The topological polar surface area (TPSA) is 164 Å². The highest BCUT2D eigenvalue weighted by atomic mass is 16.6. The molecule has 1 aromatic carbocycles. The summed E-state index contributed by atoms with van der Waals surface area (Å²) in [6.45, 7) is -0.827. The second-order valence-electron chi connectivity index (χ2n) is 6.39. The van der Waals surface area contributed by atoms with Crippen LogP contribution in [0.5, 0.6) is 0 Å². The average Bonchev–Trinajstić information content (AvgIpc) is 3.06. The SMILES string of the molecule is OC[C@@H]1O[C@@H](Nc2cccc(N[C@H]3O[C@H](CO)[C@@H](O)[C@@H]3O)c2)[C@H](O)[C@H]1O. The number of rotatable bonds is 6. The Bertz CT molecular complexity index is 558. The van der Waals surface area contributed by atoms with Crippen molar-refractivity contribution in [2.75, 3.05) is 23.8 Å². The standard InChI is InChI=1S/C16H24N2O8/c19-5-9-11(21)13(23)15(25-9)17-7-2-1-3-8(4-7)18-16-14(24)12(22)10(6-20)26-16/h1-4,9-24H,5-6H2/t9-,10+,11-,12+,13+,14-,15+,16-. The second-order valence-corrected chi connectivity index (χ2v) is 6.39. The van der Waals surface area contributed by atoms with Crippen molar-refractivity contribution in [2.24, 2.45) is 0 Å². The van der Waals surface area contributed by atoms with E-state index in [2.05, 4.69) is 10.6 Å². The summed E-state index contributed by atoms with van der Waals surface area (Å²) in [5.41, 5.74) is 1.10. The third kappa shape index (κ3) is 3.77. The van der Waals surface area contributed by atoms with Crippen LogP contribution >= 0.6 is 0 Å². The third-order valence-corrected chi connectivity index (χ3v) is 4.57. The molecule has 2 aliphatic rings. The smallest absolute Gasteiger partial charge is 0.157 e. The van der Waals surface area contributed by atoms with Crippen LogP contribution in [0.15, 0.2) is 24.3 Å². The van der Waals surface area contributed by atoms with Gasteiger partial charge in [0.2, 0.25) is 0 Å². The molecule has 146 valence electrons. The van der Waals surface area contributed by atoms with Crippen molar-refractivity contribution in [3.05, 3.63) is 24.3 Å². The normalized spacial score (nSPS) is 39.9. The average molecular weight is 372 g/mol. The molecule has 0 saturated carbocycles. The molecule has 3 rings (SSSR count). The highest BCUT2D eigenvalue weighted by Gasteiger charge is 2.43. The maximum absolute atomic E-state index is 9.97. The first kappa shape index (κ1) is 19.3. The lowest BCUT2D eigenvalue weighted by Crippen LogP contribution is -2.37. The monoisotopic (exact) mass is 372 g/mol. The van der Waals surface area contributed by atoms with Gasteiger partial charge in [0, 0.05) is 11.4 Å². The second kappa shape index (κ2) is 8.03. The Labute approximate surface area is 149 Å². The summed E-state index contributed by atoms with van der Waals surface area (Å²) in [6, 6.07) is 6.77.